The van der Waals surface area contributed by atoms with Gasteiger partial charge in [0.1, 0.15) is 12.6 Å². The van der Waals surface area contributed by atoms with E-state index < -0.39 is 28.5 Å². The number of likely N-dealkylation sites (N-methyl/N-ethyl adjacent to an activating group) is 1. The second kappa shape index (κ2) is 11.9. The van der Waals surface area contributed by atoms with E-state index in [-0.39, 0.29) is 23.0 Å². The largest absolute Gasteiger partial charge is 0.357 e. The summed E-state index contributed by atoms with van der Waals surface area (Å²) in [5.41, 5.74) is 1.60. The van der Waals surface area contributed by atoms with Gasteiger partial charge in [0.2, 0.25) is 11.8 Å². The van der Waals surface area contributed by atoms with Crippen LogP contribution in [0.2, 0.25) is 5.02 Å². The Hall–Kier alpha value is -2.88. The minimum atomic E-state index is -4.13. The molecule has 0 aliphatic carbocycles. The van der Waals surface area contributed by atoms with Gasteiger partial charge in [-0.05, 0) is 61.4 Å². The third kappa shape index (κ3) is 6.27. The molecule has 190 valence electrons. The van der Waals surface area contributed by atoms with Crippen molar-refractivity contribution < 1.29 is 18.0 Å². The fraction of sp³-hybridized carbons (Fsp3) is 0.231. The zero-order valence-electron chi connectivity index (χ0n) is 20.1. The normalized spacial score (nSPS) is 12.0. The van der Waals surface area contributed by atoms with E-state index in [9.17, 15) is 18.0 Å². The Morgan fingerprint density at radius 2 is 1.64 bits per heavy atom. The van der Waals surface area contributed by atoms with Crippen LogP contribution in [-0.2, 0) is 26.2 Å². The Balaban J connectivity index is 2.06. The number of carbonyl (C=O) groups is 2. The maximum Gasteiger partial charge on any atom is 0.264 e. The highest BCUT2D eigenvalue weighted by atomic mass is 79.9. The molecule has 0 saturated carbocycles. The quantitative estimate of drug-likeness (QED) is 0.388. The highest BCUT2D eigenvalue weighted by Crippen LogP contribution is 2.31. The number of hydrogen-bond donors (Lipinski definition) is 1. The monoisotopic (exact) mass is 591 g/mol. The second-order valence-corrected chi connectivity index (χ2v) is 11.3. The third-order valence-corrected chi connectivity index (χ3v) is 8.51. The van der Waals surface area contributed by atoms with Crippen molar-refractivity contribution in [1.29, 1.82) is 0 Å². The number of sulfonamides is 1. The Labute approximate surface area is 225 Å². The van der Waals surface area contributed by atoms with Gasteiger partial charge < -0.3 is 10.2 Å². The lowest BCUT2D eigenvalue weighted by Gasteiger charge is -2.32. The Kier molecular flexibility index (Phi) is 9.16. The predicted molar refractivity (Wildman–Crippen MR) is 145 cm³/mol. The van der Waals surface area contributed by atoms with Crippen LogP contribution in [0.25, 0.3) is 0 Å². The van der Waals surface area contributed by atoms with Crippen molar-refractivity contribution in [3.8, 4) is 0 Å². The summed E-state index contributed by atoms with van der Waals surface area (Å²) >= 11 is 9.70. The van der Waals surface area contributed by atoms with E-state index in [0.717, 1.165) is 14.3 Å². The van der Waals surface area contributed by atoms with Crippen molar-refractivity contribution in [3.05, 3.63) is 93.4 Å². The molecule has 0 radical (unpaired) electrons. The summed E-state index contributed by atoms with van der Waals surface area (Å²) in [6.45, 7) is 2.91. The van der Waals surface area contributed by atoms with E-state index in [1.54, 1.807) is 50.2 Å². The van der Waals surface area contributed by atoms with Crippen molar-refractivity contribution in [3.63, 3.8) is 0 Å². The molecule has 0 aliphatic heterocycles. The van der Waals surface area contributed by atoms with Crippen molar-refractivity contribution in [2.75, 3.05) is 17.9 Å². The third-order valence-electron chi connectivity index (χ3n) is 5.80. The van der Waals surface area contributed by atoms with Crippen LogP contribution in [0.4, 0.5) is 5.69 Å². The molecule has 0 bridgehead atoms. The maximum atomic E-state index is 13.7. The molecule has 0 spiro atoms. The van der Waals surface area contributed by atoms with E-state index in [1.165, 1.54) is 24.1 Å². The Bertz CT molecular complexity index is 1340. The van der Waals surface area contributed by atoms with Crippen molar-refractivity contribution in [1.82, 2.24) is 10.2 Å². The molecule has 3 aromatic carbocycles. The summed E-state index contributed by atoms with van der Waals surface area (Å²) in [6, 6.07) is 19.3. The van der Waals surface area contributed by atoms with E-state index in [2.05, 4.69) is 21.2 Å². The molecule has 1 atom stereocenters. The van der Waals surface area contributed by atoms with Gasteiger partial charge in [-0.3, -0.25) is 13.9 Å². The molecule has 0 fully saturated rings. The highest BCUT2D eigenvalue weighted by molar-refractivity contribution is 9.10. The van der Waals surface area contributed by atoms with Crippen LogP contribution in [0.15, 0.2) is 82.2 Å². The van der Waals surface area contributed by atoms with Crippen LogP contribution in [0, 0.1) is 6.92 Å². The Morgan fingerprint density at radius 3 is 2.25 bits per heavy atom. The molecule has 3 aromatic rings. The predicted octanol–water partition coefficient (Wildman–Crippen LogP) is 4.77. The first kappa shape index (κ1) is 27.7. The molecule has 0 aliphatic rings. The van der Waals surface area contributed by atoms with Crippen LogP contribution in [0.5, 0.6) is 0 Å². The van der Waals surface area contributed by atoms with Gasteiger partial charge in [0, 0.05) is 23.1 Å². The topological polar surface area (TPSA) is 86.8 Å². The molecule has 36 heavy (non-hydrogen) atoms. The van der Waals surface area contributed by atoms with Gasteiger partial charge in [-0.25, -0.2) is 8.42 Å². The smallest absolute Gasteiger partial charge is 0.264 e. The number of rotatable bonds is 9. The first-order chi connectivity index (χ1) is 17.1. The van der Waals surface area contributed by atoms with Crippen LogP contribution < -0.4 is 9.62 Å². The van der Waals surface area contributed by atoms with Crippen LogP contribution in [0.1, 0.15) is 18.1 Å². The van der Waals surface area contributed by atoms with Crippen molar-refractivity contribution in [2.24, 2.45) is 0 Å². The van der Waals surface area contributed by atoms with Crippen molar-refractivity contribution >= 4 is 55.1 Å². The summed E-state index contributed by atoms with van der Waals surface area (Å²) in [5.74, 6) is -0.898. The zero-order valence-corrected chi connectivity index (χ0v) is 23.3. The van der Waals surface area contributed by atoms with Crippen LogP contribution in [-0.4, -0.2) is 44.8 Å². The van der Waals surface area contributed by atoms with Gasteiger partial charge in [0.25, 0.3) is 10.0 Å². The number of carbonyl (C=O) groups excluding carboxylic acids is 2. The average molecular weight is 593 g/mol. The molecular weight excluding hydrogens is 566 g/mol. The maximum absolute atomic E-state index is 13.7. The summed E-state index contributed by atoms with van der Waals surface area (Å²) in [6.07, 6.45) is 0. The number of benzene rings is 3. The fourth-order valence-corrected chi connectivity index (χ4v) is 5.60. The lowest BCUT2D eigenvalue weighted by molar-refractivity contribution is -0.139. The van der Waals surface area contributed by atoms with Gasteiger partial charge in [-0.15, -0.1) is 0 Å². The lowest BCUT2D eigenvalue weighted by atomic mass is 10.1. The number of amides is 2. The van der Waals surface area contributed by atoms with Crippen LogP contribution >= 0.6 is 27.5 Å². The van der Waals surface area contributed by atoms with E-state index in [4.69, 9.17) is 11.6 Å². The first-order valence-corrected chi connectivity index (χ1v) is 13.8. The molecule has 0 saturated heterocycles. The van der Waals surface area contributed by atoms with Gasteiger partial charge in [-0.1, -0.05) is 63.9 Å². The number of anilines is 1. The van der Waals surface area contributed by atoms with Gasteiger partial charge in [-0.2, -0.15) is 0 Å². The second-order valence-electron chi connectivity index (χ2n) is 8.15. The lowest BCUT2D eigenvalue weighted by Crippen LogP contribution is -2.50. The van der Waals surface area contributed by atoms with Gasteiger partial charge in [0.15, 0.2) is 0 Å². The summed E-state index contributed by atoms with van der Waals surface area (Å²) in [7, 11) is -2.64. The summed E-state index contributed by atoms with van der Waals surface area (Å²) in [5, 5.41) is 2.94. The summed E-state index contributed by atoms with van der Waals surface area (Å²) in [4.78, 5) is 27.7. The minimum Gasteiger partial charge on any atom is -0.357 e. The van der Waals surface area contributed by atoms with Crippen LogP contribution in [0.3, 0.4) is 0 Å². The zero-order chi connectivity index (χ0) is 26.5. The molecular formula is C26H27BrClN3O4S. The number of hydrogen-bond acceptors (Lipinski definition) is 4. The number of nitrogens with zero attached hydrogens (tertiary/aromatic N) is 2. The number of halogens is 2. The molecule has 2 amide bonds. The number of nitrogens with one attached hydrogen (secondary N) is 1. The standard InChI is InChI=1S/C26H27BrClN3O4S/c1-18-23(28)10-7-11-24(18)31(36(34,35)22-8-5-4-6-9-22)17-25(32)30(19(2)26(33)29-3)16-20-12-14-21(27)15-13-20/h4-15,19H,16-17H2,1-3H3,(H,29,33). The first-order valence-electron chi connectivity index (χ1n) is 11.1. The average Bonchev–Trinajstić information content (AvgIpc) is 2.88. The molecule has 3 rings (SSSR count). The SMILES string of the molecule is CNC(=O)C(C)N(Cc1ccc(Br)cc1)C(=O)CN(c1cccc(Cl)c1C)S(=O)(=O)c1ccccc1. The Morgan fingerprint density at radius 1 is 1.00 bits per heavy atom. The minimum absolute atomic E-state index is 0.0379. The fourth-order valence-electron chi connectivity index (χ4n) is 3.68. The van der Waals surface area contributed by atoms with Gasteiger partial charge >= 0.3 is 0 Å². The molecule has 7 nitrogen and oxygen atoms in total. The summed E-state index contributed by atoms with van der Waals surface area (Å²) < 4.78 is 29.4. The highest BCUT2D eigenvalue weighted by Gasteiger charge is 2.33. The van der Waals surface area contributed by atoms with Crippen molar-refractivity contribution in [2.45, 2.75) is 31.3 Å². The van der Waals surface area contributed by atoms with Gasteiger partial charge in [0.05, 0.1) is 10.6 Å². The van der Waals surface area contributed by atoms with E-state index in [0.29, 0.717) is 10.6 Å². The molecule has 10 heteroatoms. The van der Waals surface area contributed by atoms with E-state index >= 15 is 0 Å². The molecule has 0 aromatic heterocycles. The van der Waals surface area contributed by atoms with E-state index in [1.807, 2.05) is 24.3 Å². The molecule has 1 N–H and O–H groups in total. The molecule has 0 heterocycles. The molecule has 1 unspecified atom stereocenters.